The smallest absolute Gasteiger partial charge is 0.255 e. The molecule has 1 saturated carbocycles. The van der Waals surface area contributed by atoms with Crippen molar-refractivity contribution in [1.82, 2.24) is 5.32 Å². The Hall–Kier alpha value is -2.01. The molecule has 0 spiro atoms. The Morgan fingerprint density at radius 1 is 1.15 bits per heavy atom. The van der Waals surface area contributed by atoms with Crippen molar-refractivity contribution < 1.29 is 19.2 Å². The lowest BCUT2D eigenvalue weighted by atomic mass is 10.0. The van der Waals surface area contributed by atoms with Crippen LogP contribution in [-0.4, -0.2) is 30.1 Å². The van der Waals surface area contributed by atoms with Gasteiger partial charge in [-0.3, -0.25) is 4.79 Å². The molecule has 146 valence electrons. The van der Waals surface area contributed by atoms with Gasteiger partial charge in [0.1, 0.15) is 23.6 Å². The molecule has 2 fully saturated rings. The average Bonchev–Trinajstić information content (AvgIpc) is 3.18. The van der Waals surface area contributed by atoms with Crippen LogP contribution in [-0.2, 0) is 6.54 Å². The summed E-state index contributed by atoms with van der Waals surface area (Å²) in [5, 5.41) is 14.6. The molecule has 1 aliphatic heterocycles. The number of carbonyl (C=O) groups is 1. The second kappa shape index (κ2) is 7.93. The minimum absolute atomic E-state index is 0.0594. The van der Waals surface area contributed by atoms with Gasteiger partial charge in [0.2, 0.25) is 0 Å². The lowest BCUT2D eigenvalue weighted by Gasteiger charge is -2.19. The molecule has 0 atom stereocenters. The molecule has 2 aromatic rings. The fourth-order valence-corrected chi connectivity index (χ4v) is 4.80. The van der Waals surface area contributed by atoms with E-state index in [1.807, 2.05) is 6.92 Å². The number of aryl methyl sites for hydroxylation is 1. The van der Waals surface area contributed by atoms with E-state index in [0.717, 1.165) is 43.4 Å². The van der Waals surface area contributed by atoms with Gasteiger partial charge in [0.25, 0.3) is 5.91 Å². The van der Waals surface area contributed by atoms with Crippen LogP contribution >= 0.6 is 0 Å². The minimum Gasteiger partial charge on any atom is -0.507 e. The summed E-state index contributed by atoms with van der Waals surface area (Å²) < 4.78 is 5.91. The second-order valence-electron chi connectivity index (χ2n) is 8.27. The molecule has 1 amide bonds. The van der Waals surface area contributed by atoms with E-state index in [9.17, 15) is 9.90 Å². The van der Waals surface area contributed by atoms with E-state index < -0.39 is 0 Å². The maximum atomic E-state index is 13.0. The van der Waals surface area contributed by atoms with Crippen LogP contribution in [0.3, 0.4) is 0 Å². The molecule has 1 aromatic carbocycles. The van der Waals surface area contributed by atoms with Crippen molar-refractivity contribution in [1.29, 1.82) is 0 Å². The fourth-order valence-electron chi connectivity index (χ4n) is 4.80. The molecule has 5 heteroatoms. The van der Waals surface area contributed by atoms with Crippen molar-refractivity contribution >= 4 is 16.9 Å². The van der Waals surface area contributed by atoms with Crippen molar-refractivity contribution in [2.24, 2.45) is 0 Å². The normalized spacial score (nSPS) is 19.4. The van der Waals surface area contributed by atoms with E-state index in [1.165, 1.54) is 43.4 Å². The minimum atomic E-state index is -0.0594. The van der Waals surface area contributed by atoms with Gasteiger partial charge >= 0.3 is 0 Å². The number of hydrogen-bond acceptors (Lipinski definition) is 3. The average molecular weight is 372 g/mol. The molecule has 5 nitrogen and oxygen atoms in total. The molecule has 2 aliphatic rings. The van der Waals surface area contributed by atoms with Crippen molar-refractivity contribution in [2.75, 3.05) is 13.1 Å². The van der Waals surface area contributed by atoms with Gasteiger partial charge in [-0.05, 0) is 57.6 Å². The van der Waals surface area contributed by atoms with E-state index in [0.29, 0.717) is 16.9 Å². The number of amides is 1. The molecule has 1 saturated heterocycles. The van der Waals surface area contributed by atoms with Crippen LogP contribution in [0.1, 0.15) is 73.0 Å². The van der Waals surface area contributed by atoms with Crippen LogP contribution in [0.2, 0.25) is 0 Å². The van der Waals surface area contributed by atoms with Crippen LogP contribution in [0.4, 0.5) is 0 Å². The van der Waals surface area contributed by atoms with Gasteiger partial charge in [-0.1, -0.05) is 12.8 Å². The SMILES string of the molecule is Cc1oc2ccc(O)c(C[NH+]3CCCCCC3)c2c1C(=O)NC1CCCC1. The van der Waals surface area contributed by atoms with Gasteiger partial charge in [0.15, 0.2) is 0 Å². The molecule has 1 aliphatic carbocycles. The molecule has 4 rings (SSSR count). The van der Waals surface area contributed by atoms with Crippen molar-refractivity contribution in [2.45, 2.75) is 70.9 Å². The number of benzene rings is 1. The summed E-state index contributed by atoms with van der Waals surface area (Å²) in [5.74, 6) is 0.851. The first-order chi connectivity index (χ1) is 13.1. The van der Waals surface area contributed by atoms with E-state index in [4.69, 9.17) is 4.42 Å². The number of quaternary nitrogens is 1. The third-order valence-electron chi connectivity index (χ3n) is 6.27. The lowest BCUT2D eigenvalue weighted by molar-refractivity contribution is -0.913. The first-order valence-corrected chi connectivity index (χ1v) is 10.5. The second-order valence-corrected chi connectivity index (χ2v) is 8.27. The van der Waals surface area contributed by atoms with E-state index in [1.54, 1.807) is 12.1 Å². The van der Waals surface area contributed by atoms with Gasteiger partial charge < -0.3 is 19.7 Å². The topological polar surface area (TPSA) is 66.9 Å². The molecule has 27 heavy (non-hydrogen) atoms. The Morgan fingerprint density at radius 2 is 1.85 bits per heavy atom. The Balaban J connectivity index is 1.69. The van der Waals surface area contributed by atoms with Crippen LogP contribution in [0.15, 0.2) is 16.5 Å². The Labute approximate surface area is 160 Å². The summed E-state index contributed by atoms with van der Waals surface area (Å²) in [6, 6.07) is 3.75. The number of fused-ring (bicyclic) bond motifs is 1. The molecule has 0 unspecified atom stereocenters. The Bertz CT molecular complexity index is 813. The molecule has 3 N–H and O–H groups in total. The summed E-state index contributed by atoms with van der Waals surface area (Å²) >= 11 is 0. The highest BCUT2D eigenvalue weighted by Gasteiger charge is 2.27. The number of phenols is 1. The quantitative estimate of drug-likeness (QED) is 0.774. The molecule has 0 bridgehead atoms. The lowest BCUT2D eigenvalue weighted by Crippen LogP contribution is -3.10. The number of rotatable bonds is 4. The Kier molecular flexibility index (Phi) is 5.39. The summed E-state index contributed by atoms with van der Waals surface area (Å²) in [6.07, 6.45) is 9.50. The van der Waals surface area contributed by atoms with Crippen molar-refractivity contribution in [3.63, 3.8) is 0 Å². The van der Waals surface area contributed by atoms with Crippen LogP contribution in [0, 0.1) is 6.92 Å². The number of phenolic OH excluding ortho intramolecular Hbond substituents is 1. The van der Waals surface area contributed by atoms with Crippen LogP contribution < -0.4 is 10.2 Å². The van der Waals surface area contributed by atoms with Crippen LogP contribution in [0.5, 0.6) is 5.75 Å². The van der Waals surface area contributed by atoms with Gasteiger partial charge in [-0.15, -0.1) is 0 Å². The standard InChI is InChI=1S/C22H30N2O3/c1-15-20(22(26)23-16-8-4-5-9-16)21-17(18(25)10-11-19(21)27-15)14-24-12-6-2-3-7-13-24/h10-11,16,25H,2-9,12-14H2,1H3,(H,23,26)/p+1. The molecular weight excluding hydrogens is 340 g/mol. The molecule has 0 radical (unpaired) electrons. The van der Waals surface area contributed by atoms with Gasteiger partial charge in [0, 0.05) is 11.4 Å². The summed E-state index contributed by atoms with van der Waals surface area (Å²) in [5.41, 5.74) is 2.17. The highest BCUT2D eigenvalue weighted by Crippen LogP contribution is 2.34. The predicted molar refractivity (Wildman–Crippen MR) is 105 cm³/mol. The van der Waals surface area contributed by atoms with E-state index in [-0.39, 0.29) is 17.7 Å². The largest absolute Gasteiger partial charge is 0.507 e. The number of nitrogens with one attached hydrogen (secondary N) is 2. The van der Waals surface area contributed by atoms with Gasteiger partial charge in [0.05, 0.1) is 24.2 Å². The van der Waals surface area contributed by atoms with Crippen molar-refractivity contribution in [3.8, 4) is 5.75 Å². The highest BCUT2D eigenvalue weighted by atomic mass is 16.3. The third kappa shape index (κ3) is 3.84. The maximum Gasteiger partial charge on any atom is 0.255 e. The van der Waals surface area contributed by atoms with Crippen LogP contribution in [0.25, 0.3) is 11.0 Å². The molecule has 2 heterocycles. The van der Waals surface area contributed by atoms with E-state index in [2.05, 4.69) is 5.32 Å². The predicted octanol–water partition coefficient (Wildman–Crippen LogP) is 3.08. The third-order valence-corrected chi connectivity index (χ3v) is 6.27. The Morgan fingerprint density at radius 3 is 2.56 bits per heavy atom. The van der Waals surface area contributed by atoms with Gasteiger partial charge in [-0.25, -0.2) is 0 Å². The molecule has 1 aromatic heterocycles. The van der Waals surface area contributed by atoms with E-state index >= 15 is 0 Å². The fraction of sp³-hybridized carbons (Fsp3) is 0.591. The van der Waals surface area contributed by atoms with Gasteiger partial charge in [-0.2, -0.15) is 0 Å². The zero-order valence-electron chi connectivity index (χ0n) is 16.3. The summed E-state index contributed by atoms with van der Waals surface area (Å²) in [7, 11) is 0. The number of aromatic hydroxyl groups is 1. The maximum absolute atomic E-state index is 13.0. The zero-order valence-corrected chi connectivity index (χ0v) is 16.3. The summed E-state index contributed by atoms with van der Waals surface area (Å²) in [4.78, 5) is 14.5. The molecular formula is C22H31N2O3+. The van der Waals surface area contributed by atoms with Crippen molar-refractivity contribution in [3.05, 3.63) is 29.0 Å². The first kappa shape index (κ1) is 18.4. The number of likely N-dealkylation sites (tertiary alicyclic amines) is 1. The number of carbonyl (C=O) groups excluding carboxylic acids is 1. The zero-order chi connectivity index (χ0) is 18.8. The number of hydrogen-bond donors (Lipinski definition) is 3. The highest BCUT2D eigenvalue weighted by molar-refractivity contribution is 6.09. The number of furan rings is 1. The monoisotopic (exact) mass is 371 g/mol. The summed E-state index contributed by atoms with van der Waals surface area (Å²) in [6.45, 7) is 4.83. The first-order valence-electron chi connectivity index (χ1n) is 10.5.